The summed E-state index contributed by atoms with van der Waals surface area (Å²) in [4.78, 5) is 10.6. The summed E-state index contributed by atoms with van der Waals surface area (Å²) in [5.74, 6) is 0.642. The Morgan fingerprint density at radius 1 is 1.50 bits per heavy atom. The first kappa shape index (κ1) is 11.2. The Hall–Kier alpha value is -0.870. The first-order valence-corrected chi connectivity index (χ1v) is 5.05. The zero-order chi connectivity index (χ0) is 10.4. The summed E-state index contributed by atoms with van der Waals surface area (Å²) in [6.07, 6.45) is 1.36. The molecule has 0 fully saturated rings. The van der Waals surface area contributed by atoms with Gasteiger partial charge in [-0.1, -0.05) is 15.9 Å². The third-order valence-electron chi connectivity index (χ3n) is 1.67. The monoisotopic (exact) mass is 258 g/mol. The van der Waals surface area contributed by atoms with E-state index in [9.17, 15) is 4.79 Å². The Morgan fingerprint density at radius 3 is 2.93 bits per heavy atom. The normalized spacial score (nSPS) is 9.86. The van der Waals surface area contributed by atoms with Gasteiger partial charge in [0.1, 0.15) is 5.75 Å². The van der Waals surface area contributed by atoms with Crippen molar-refractivity contribution in [1.29, 1.82) is 0 Å². The molecule has 0 unspecified atom stereocenters. The Balaban J connectivity index is 2.64. The number of rotatable bonds is 5. The average molecular weight is 259 g/mol. The molecular weight excluding hydrogens is 248 g/mol. The number of carbonyl (C=O) groups is 1. The molecule has 0 amide bonds. The number of aliphatic hydroxyl groups excluding tert-OH is 1. The summed E-state index contributed by atoms with van der Waals surface area (Å²) in [7, 11) is 0. The molecular formula is C10H11BrO3. The highest BCUT2D eigenvalue weighted by molar-refractivity contribution is 9.10. The predicted molar refractivity (Wildman–Crippen MR) is 56.7 cm³/mol. The van der Waals surface area contributed by atoms with Crippen LogP contribution in [0.5, 0.6) is 5.75 Å². The lowest BCUT2D eigenvalue weighted by molar-refractivity contribution is 0.112. The van der Waals surface area contributed by atoms with Crippen LogP contribution in [0.3, 0.4) is 0 Å². The summed E-state index contributed by atoms with van der Waals surface area (Å²) in [6.45, 7) is 0.563. The van der Waals surface area contributed by atoms with Crippen LogP contribution in [0.1, 0.15) is 16.8 Å². The molecule has 0 aliphatic carbocycles. The van der Waals surface area contributed by atoms with E-state index in [1.165, 1.54) is 0 Å². The molecule has 0 heterocycles. The van der Waals surface area contributed by atoms with Crippen molar-refractivity contribution in [2.45, 2.75) is 6.42 Å². The van der Waals surface area contributed by atoms with Crippen LogP contribution in [0.2, 0.25) is 0 Å². The van der Waals surface area contributed by atoms with Crippen LogP contribution in [0, 0.1) is 0 Å². The minimum atomic E-state index is 0.108. The van der Waals surface area contributed by atoms with Crippen molar-refractivity contribution in [3.05, 3.63) is 28.2 Å². The van der Waals surface area contributed by atoms with Gasteiger partial charge in [-0.05, 0) is 18.2 Å². The summed E-state index contributed by atoms with van der Waals surface area (Å²) in [5.41, 5.74) is 0.562. The van der Waals surface area contributed by atoms with Gasteiger partial charge >= 0.3 is 0 Å². The number of hydrogen-bond donors (Lipinski definition) is 1. The summed E-state index contributed by atoms with van der Waals surface area (Å²) >= 11 is 3.25. The molecule has 0 saturated carbocycles. The fraction of sp³-hybridized carbons (Fsp3) is 0.300. The van der Waals surface area contributed by atoms with Crippen LogP contribution in [0.4, 0.5) is 0 Å². The highest BCUT2D eigenvalue weighted by atomic mass is 79.9. The Labute approximate surface area is 90.8 Å². The number of ether oxygens (including phenoxy) is 1. The third-order valence-corrected chi connectivity index (χ3v) is 2.39. The van der Waals surface area contributed by atoms with E-state index in [4.69, 9.17) is 9.84 Å². The van der Waals surface area contributed by atoms with Crippen molar-refractivity contribution in [3.8, 4) is 5.75 Å². The van der Waals surface area contributed by atoms with E-state index >= 15 is 0 Å². The van der Waals surface area contributed by atoms with Crippen LogP contribution in [0.15, 0.2) is 22.7 Å². The van der Waals surface area contributed by atoms with Gasteiger partial charge in [-0.15, -0.1) is 0 Å². The quantitative estimate of drug-likeness (QED) is 0.650. The first-order valence-electron chi connectivity index (χ1n) is 4.26. The Bertz CT molecular complexity index is 312. The number of aliphatic hydroxyl groups is 1. The van der Waals surface area contributed by atoms with Gasteiger partial charge in [0.25, 0.3) is 0 Å². The maximum absolute atomic E-state index is 10.6. The third kappa shape index (κ3) is 3.12. The maximum atomic E-state index is 10.6. The molecule has 0 bridgehead atoms. The van der Waals surface area contributed by atoms with E-state index in [1.807, 2.05) is 0 Å². The lowest BCUT2D eigenvalue weighted by atomic mass is 10.2. The molecule has 1 N–H and O–H groups in total. The molecule has 0 atom stereocenters. The Kier molecular flexibility index (Phi) is 4.62. The smallest absolute Gasteiger partial charge is 0.151 e. The Morgan fingerprint density at radius 2 is 2.29 bits per heavy atom. The van der Waals surface area contributed by atoms with Gasteiger partial charge in [0.15, 0.2) is 6.29 Å². The molecule has 0 spiro atoms. The van der Waals surface area contributed by atoms with Gasteiger partial charge in [0, 0.05) is 23.1 Å². The van der Waals surface area contributed by atoms with E-state index in [2.05, 4.69) is 15.9 Å². The number of hydrogen-bond acceptors (Lipinski definition) is 3. The lowest BCUT2D eigenvalue weighted by Gasteiger charge is -2.05. The zero-order valence-corrected chi connectivity index (χ0v) is 9.16. The number of aldehydes is 1. The zero-order valence-electron chi connectivity index (χ0n) is 7.57. The van der Waals surface area contributed by atoms with Gasteiger partial charge in [-0.2, -0.15) is 0 Å². The molecule has 1 aromatic carbocycles. The number of halogens is 1. The van der Waals surface area contributed by atoms with Gasteiger partial charge < -0.3 is 9.84 Å². The van der Waals surface area contributed by atoms with Gasteiger partial charge in [0.05, 0.1) is 6.61 Å². The van der Waals surface area contributed by atoms with E-state index in [-0.39, 0.29) is 6.61 Å². The predicted octanol–water partition coefficient (Wildman–Crippen LogP) is 2.02. The molecule has 0 aliphatic heterocycles. The highest BCUT2D eigenvalue weighted by Crippen LogP contribution is 2.21. The van der Waals surface area contributed by atoms with Crippen LogP contribution in [-0.4, -0.2) is 24.6 Å². The molecule has 0 aliphatic rings. The molecule has 1 aromatic rings. The molecule has 3 nitrogen and oxygen atoms in total. The molecule has 4 heteroatoms. The van der Waals surface area contributed by atoms with Crippen molar-refractivity contribution < 1.29 is 14.6 Å². The van der Waals surface area contributed by atoms with Gasteiger partial charge in [-0.3, -0.25) is 4.79 Å². The van der Waals surface area contributed by atoms with Crippen LogP contribution < -0.4 is 4.74 Å². The van der Waals surface area contributed by atoms with E-state index in [0.29, 0.717) is 24.3 Å². The van der Waals surface area contributed by atoms with Crippen molar-refractivity contribution >= 4 is 22.2 Å². The molecule has 0 aromatic heterocycles. The largest absolute Gasteiger partial charge is 0.493 e. The van der Waals surface area contributed by atoms with Gasteiger partial charge in [0.2, 0.25) is 0 Å². The van der Waals surface area contributed by atoms with Gasteiger partial charge in [-0.25, -0.2) is 0 Å². The van der Waals surface area contributed by atoms with Crippen molar-refractivity contribution in [2.75, 3.05) is 13.2 Å². The molecule has 0 radical (unpaired) electrons. The highest BCUT2D eigenvalue weighted by Gasteiger charge is 2.00. The summed E-state index contributed by atoms with van der Waals surface area (Å²) in [6, 6.07) is 5.20. The van der Waals surface area contributed by atoms with E-state index in [0.717, 1.165) is 10.8 Å². The van der Waals surface area contributed by atoms with Crippen LogP contribution in [-0.2, 0) is 0 Å². The molecule has 76 valence electrons. The average Bonchev–Trinajstić information content (AvgIpc) is 2.21. The first-order chi connectivity index (χ1) is 6.77. The minimum Gasteiger partial charge on any atom is -0.493 e. The number of carbonyl (C=O) groups excluding carboxylic acids is 1. The summed E-state index contributed by atoms with van der Waals surface area (Å²) < 4.78 is 6.06. The maximum Gasteiger partial charge on any atom is 0.151 e. The van der Waals surface area contributed by atoms with E-state index < -0.39 is 0 Å². The fourth-order valence-corrected chi connectivity index (χ4v) is 1.30. The van der Waals surface area contributed by atoms with Crippen molar-refractivity contribution in [1.82, 2.24) is 0 Å². The second-order valence-electron chi connectivity index (χ2n) is 2.73. The molecule has 14 heavy (non-hydrogen) atoms. The molecule has 1 rings (SSSR count). The van der Waals surface area contributed by atoms with Crippen molar-refractivity contribution in [2.24, 2.45) is 0 Å². The second kappa shape index (κ2) is 5.78. The van der Waals surface area contributed by atoms with Crippen LogP contribution >= 0.6 is 15.9 Å². The second-order valence-corrected chi connectivity index (χ2v) is 3.58. The standard InChI is InChI=1S/C10H11BrO3/c11-10-3-2-9(6-8(10)7-13)14-5-1-4-12/h2-3,6-7,12H,1,4-5H2. The van der Waals surface area contributed by atoms with E-state index in [1.54, 1.807) is 18.2 Å². The molecule has 0 saturated heterocycles. The van der Waals surface area contributed by atoms with Crippen LogP contribution in [0.25, 0.3) is 0 Å². The lowest BCUT2D eigenvalue weighted by Crippen LogP contribution is -2.00. The summed E-state index contributed by atoms with van der Waals surface area (Å²) in [5, 5.41) is 8.55. The van der Waals surface area contributed by atoms with Crippen molar-refractivity contribution in [3.63, 3.8) is 0 Å². The SMILES string of the molecule is O=Cc1cc(OCCCO)ccc1Br. The fourth-order valence-electron chi connectivity index (χ4n) is 0.957. The number of benzene rings is 1. The minimum absolute atomic E-state index is 0.108. The topological polar surface area (TPSA) is 46.5 Å².